The smallest absolute Gasteiger partial charge is 0.0426 e. The molecule has 2 rings (SSSR count). The highest BCUT2D eigenvalue weighted by molar-refractivity contribution is 6.30. The van der Waals surface area contributed by atoms with Gasteiger partial charge in [0.1, 0.15) is 0 Å². The minimum absolute atomic E-state index is 0.833. The molecular weight excluding hydrogens is 280 g/mol. The maximum Gasteiger partial charge on any atom is 0.0426 e. The van der Waals surface area contributed by atoms with Crippen LogP contribution < -0.4 is 4.90 Å². The number of benzene rings is 1. The molecule has 0 amide bonds. The van der Waals surface area contributed by atoms with Gasteiger partial charge < -0.3 is 4.90 Å². The molecule has 0 radical (unpaired) electrons. The normalized spacial score (nSPS) is 18.0. The Morgan fingerprint density at radius 1 is 1.14 bits per heavy atom. The Morgan fingerprint density at radius 3 is 2.57 bits per heavy atom. The van der Waals surface area contributed by atoms with Crippen molar-refractivity contribution < 1.29 is 0 Å². The molecule has 1 aromatic carbocycles. The molecule has 21 heavy (non-hydrogen) atoms. The van der Waals surface area contributed by atoms with Crippen molar-refractivity contribution in [2.75, 3.05) is 37.6 Å². The van der Waals surface area contributed by atoms with E-state index in [0.717, 1.165) is 24.0 Å². The van der Waals surface area contributed by atoms with E-state index in [4.69, 9.17) is 11.6 Å². The molecule has 118 valence electrons. The lowest BCUT2D eigenvalue weighted by molar-refractivity contribution is 0.250. The average molecular weight is 309 g/mol. The first kappa shape index (κ1) is 16.6. The lowest BCUT2D eigenvalue weighted by Crippen LogP contribution is -2.46. The summed E-state index contributed by atoms with van der Waals surface area (Å²) in [5, 5.41) is 0.833. The first-order valence-electron chi connectivity index (χ1n) is 8.42. The lowest BCUT2D eigenvalue weighted by atomic mass is 10.0. The fourth-order valence-corrected chi connectivity index (χ4v) is 3.12. The Hall–Kier alpha value is -0.730. The highest BCUT2D eigenvalue weighted by atomic mass is 35.5. The molecule has 0 spiro atoms. The third-order valence-electron chi connectivity index (χ3n) is 4.66. The second-order valence-electron chi connectivity index (χ2n) is 6.32. The molecule has 1 aromatic rings. The molecule has 0 bridgehead atoms. The molecule has 0 saturated carbocycles. The van der Waals surface area contributed by atoms with Crippen LogP contribution in [0.15, 0.2) is 24.3 Å². The summed E-state index contributed by atoms with van der Waals surface area (Å²) in [4.78, 5) is 5.05. The van der Waals surface area contributed by atoms with Gasteiger partial charge in [-0.2, -0.15) is 0 Å². The minimum atomic E-state index is 0.833. The topological polar surface area (TPSA) is 6.48 Å². The molecule has 0 N–H and O–H groups in total. The third-order valence-corrected chi connectivity index (χ3v) is 4.90. The number of unbranched alkanes of at least 4 members (excludes halogenated alkanes) is 1. The number of piperazine rings is 1. The van der Waals surface area contributed by atoms with Crippen molar-refractivity contribution >= 4 is 17.3 Å². The highest BCUT2D eigenvalue weighted by Gasteiger charge is 2.16. The van der Waals surface area contributed by atoms with E-state index in [1.807, 2.05) is 12.1 Å². The number of nitrogens with zero attached hydrogens (tertiary/aromatic N) is 2. The van der Waals surface area contributed by atoms with Gasteiger partial charge in [-0.1, -0.05) is 50.8 Å². The molecule has 1 atom stereocenters. The van der Waals surface area contributed by atoms with E-state index in [-0.39, 0.29) is 0 Å². The Balaban J connectivity index is 1.66. The molecule has 1 fully saturated rings. The van der Waals surface area contributed by atoms with E-state index in [0.29, 0.717) is 0 Å². The van der Waals surface area contributed by atoms with E-state index in [2.05, 4.69) is 35.8 Å². The molecular formula is C18H29ClN2. The first-order chi connectivity index (χ1) is 10.2. The Bertz CT molecular complexity index is 413. The summed E-state index contributed by atoms with van der Waals surface area (Å²) < 4.78 is 0. The molecule has 0 aliphatic carbocycles. The SMILES string of the molecule is CCC(C)CCCCN1CCN(c2cccc(Cl)c2)CC1. The Labute approximate surface area is 135 Å². The van der Waals surface area contributed by atoms with Crippen LogP contribution in [0.25, 0.3) is 0 Å². The van der Waals surface area contributed by atoms with E-state index >= 15 is 0 Å². The van der Waals surface area contributed by atoms with Crippen LogP contribution in [0.4, 0.5) is 5.69 Å². The van der Waals surface area contributed by atoms with Crippen LogP contribution in [0.5, 0.6) is 0 Å². The van der Waals surface area contributed by atoms with Gasteiger partial charge in [-0.25, -0.2) is 0 Å². The van der Waals surface area contributed by atoms with Gasteiger partial charge in [0.25, 0.3) is 0 Å². The zero-order chi connectivity index (χ0) is 15.1. The average Bonchev–Trinajstić information content (AvgIpc) is 2.52. The third kappa shape index (κ3) is 5.52. The number of rotatable bonds is 7. The van der Waals surface area contributed by atoms with Gasteiger partial charge in [0.05, 0.1) is 0 Å². The molecule has 1 unspecified atom stereocenters. The largest absolute Gasteiger partial charge is 0.369 e. The van der Waals surface area contributed by atoms with Crippen molar-refractivity contribution in [2.45, 2.75) is 39.5 Å². The standard InChI is InChI=1S/C18H29ClN2/c1-3-16(2)7-4-5-10-20-11-13-21(14-12-20)18-9-6-8-17(19)15-18/h6,8-9,15-16H,3-5,7,10-14H2,1-2H3. The summed E-state index contributed by atoms with van der Waals surface area (Å²) in [6.07, 6.45) is 5.43. The number of anilines is 1. The Morgan fingerprint density at radius 2 is 1.90 bits per heavy atom. The highest BCUT2D eigenvalue weighted by Crippen LogP contribution is 2.21. The van der Waals surface area contributed by atoms with Crippen molar-refractivity contribution in [1.82, 2.24) is 4.90 Å². The molecule has 3 heteroatoms. The molecule has 1 aliphatic heterocycles. The number of hydrogen-bond donors (Lipinski definition) is 0. The second kappa shape index (κ2) is 8.65. The predicted molar refractivity (Wildman–Crippen MR) is 93.4 cm³/mol. The minimum Gasteiger partial charge on any atom is -0.369 e. The van der Waals surface area contributed by atoms with Crippen LogP contribution in [0, 0.1) is 5.92 Å². The molecule has 1 aliphatic rings. The van der Waals surface area contributed by atoms with Crippen molar-refractivity contribution in [1.29, 1.82) is 0 Å². The van der Waals surface area contributed by atoms with Gasteiger partial charge in [0, 0.05) is 36.9 Å². The summed E-state index contributed by atoms with van der Waals surface area (Å²) in [6, 6.07) is 8.22. The zero-order valence-corrected chi connectivity index (χ0v) is 14.3. The first-order valence-corrected chi connectivity index (χ1v) is 8.79. The summed E-state index contributed by atoms with van der Waals surface area (Å²) in [6.45, 7) is 10.5. The summed E-state index contributed by atoms with van der Waals surface area (Å²) in [5.74, 6) is 0.893. The fourth-order valence-electron chi connectivity index (χ4n) is 2.93. The van der Waals surface area contributed by atoms with Crippen molar-refractivity contribution in [3.8, 4) is 0 Å². The molecule has 1 heterocycles. The van der Waals surface area contributed by atoms with Crippen molar-refractivity contribution in [2.24, 2.45) is 5.92 Å². The summed E-state index contributed by atoms with van der Waals surface area (Å²) >= 11 is 6.08. The molecule has 2 nitrogen and oxygen atoms in total. The van der Waals surface area contributed by atoms with Crippen LogP contribution in [0.3, 0.4) is 0 Å². The quantitative estimate of drug-likeness (QED) is 0.675. The summed E-state index contributed by atoms with van der Waals surface area (Å²) in [7, 11) is 0. The van der Waals surface area contributed by atoms with Gasteiger partial charge in [0.2, 0.25) is 0 Å². The maximum atomic E-state index is 6.08. The van der Waals surface area contributed by atoms with Gasteiger partial charge in [0.15, 0.2) is 0 Å². The van der Waals surface area contributed by atoms with Crippen molar-refractivity contribution in [3.05, 3.63) is 29.3 Å². The number of hydrogen-bond acceptors (Lipinski definition) is 2. The van der Waals surface area contributed by atoms with Crippen LogP contribution in [-0.2, 0) is 0 Å². The van der Waals surface area contributed by atoms with E-state index in [1.54, 1.807) is 0 Å². The number of halogens is 1. The van der Waals surface area contributed by atoms with E-state index in [1.165, 1.54) is 51.0 Å². The molecule has 1 saturated heterocycles. The fraction of sp³-hybridized carbons (Fsp3) is 0.667. The van der Waals surface area contributed by atoms with Crippen LogP contribution in [0.1, 0.15) is 39.5 Å². The van der Waals surface area contributed by atoms with Gasteiger partial charge in [-0.3, -0.25) is 4.90 Å². The van der Waals surface area contributed by atoms with Gasteiger partial charge in [-0.05, 0) is 37.1 Å². The van der Waals surface area contributed by atoms with Crippen LogP contribution in [0.2, 0.25) is 5.02 Å². The molecule has 0 aromatic heterocycles. The van der Waals surface area contributed by atoms with Crippen molar-refractivity contribution in [3.63, 3.8) is 0 Å². The second-order valence-corrected chi connectivity index (χ2v) is 6.75. The maximum absolute atomic E-state index is 6.08. The van der Waals surface area contributed by atoms with Crippen LogP contribution >= 0.6 is 11.6 Å². The van der Waals surface area contributed by atoms with Crippen LogP contribution in [-0.4, -0.2) is 37.6 Å². The predicted octanol–water partition coefficient (Wildman–Crippen LogP) is 4.68. The lowest BCUT2D eigenvalue weighted by Gasteiger charge is -2.36. The van der Waals surface area contributed by atoms with E-state index < -0.39 is 0 Å². The van der Waals surface area contributed by atoms with Gasteiger partial charge in [-0.15, -0.1) is 0 Å². The monoisotopic (exact) mass is 308 g/mol. The van der Waals surface area contributed by atoms with Gasteiger partial charge >= 0.3 is 0 Å². The summed E-state index contributed by atoms with van der Waals surface area (Å²) in [5.41, 5.74) is 1.26. The zero-order valence-electron chi connectivity index (χ0n) is 13.5. The Kier molecular flexibility index (Phi) is 6.85. The van der Waals surface area contributed by atoms with E-state index in [9.17, 15) is 0 Å².